The van der Waals surface area contributed by atoms with Crippen LogP contribution in [0.2, 0.25) is 0 Å². The van der Waals surface area contributed by atoms with Gasteiger partial charge in [0, 0.05) is 68.2 Å². The van der Waals surface area contributed by atoms with Crippen LogP contribution in [0, 0.1) is 6.92 Å². The number of hydrogen-bond acceptors (Lipinski definition) is 19. The van der Waals surface area contributed by atoms with E-state index in [0.717, 1.165) is 12.2 Å². The van der Waals surface area contributed by atoms with E-state index in [0.29, 0.717) is 45.3 Å². The van der Waals surface area contributed by atoms with Crippen LogP contribution in [0.5, 0.6) is 0 Å². The second-order valence-electron chi connectivity index (χ2n) is 15.7. The van der Waals surface area contributed by atoms with Crippen LogP contribution in [0.15, 0.2) is 23.3 Å². The summed E-state index contributed by atoms with van der Waals surface area (Å²) in [7, 11) is 0.307. The van der Waals surface area contributed by atoms with E-state index < -0.39 is 78.2 Å². The Morgan fingerprint density at radius 3 is 2.24 bits per heavy atom. The molecule has 7 amide bonds. The third-order valence-corrected chi connectivity index (χ3v) is 12.8. The molecule has 0 bridgehead atoms. The Labute approximate surface area is 402 Å². The summed E-state index contributed by atoms with van der Waals surface area (Å²) < 4.78 is 0. The number of aliphatic hydroxyl groups excluding tert-OH is 2. The van der Waals surface area contributed by atoms with E-state index in [4.69, 9.17) is 22.9 Å². The van der Waals surface area contributed by atoms with Gasteiger partial charge in [-0.05, 0) is 31.2 Å². The molecule has 4 rings (SSSR count). The number of nitrogens with two attached hydrogens (primary N) is 4. The van der Waals surface area contributed by atoms with Crippen molar-refractivity contribution in [2.45, 2.75) is 82.3 Å². The highest BCUT2D eigenvalue weighted by Gasteiger charge is 2.33. The molecule has 0 spiro atoms. The van der Waals surface area contributed by atoms with E-state index >= 15 is 0 Å². The van der Waals surface area contributed by atoms with Crippen LogP contribution < -0.4 is 54.8 Å². The standard InChI is InChI=1S/C40H58N16O9S3/c1-19-29(54-35(56-33(19)43)22(13-26(42)58)49-14-21(41)34(44)61)39(65)55-31(32(60)23-15-45-18-50-23)38(64)47-9-5-7-27(59)53-30(20(2)57)37(63)48-11-8-28-51-25(17-66-28)40-52-24(16-67-40)36(62)46-10-6-12-68(3)4/h15-18,20-22,30-32,49,57,60H,5-14,41H2,1-4H3,(H11-,42,43,44,45,46,47,48,50,53,54,55,56,58,59,61,62,63,64,65)/p+1/t20-,21+,22+,30+,31+,32+/m1/s1. The summed E-state index contributed by atoms with van der Waals surface area (Å²) in [6.45, 7) is 3.17. The highest BCUT2D eigenvalue weighted by molar-refractivity contribution is 7.95. The summed E-state index contributed by atoms with van der Waals surface area (Å²) >= 11 is 2.66. The zero-order valence-corrected chi connectivity index (χ0v) is 40.3. The Hall–Kier alpha value is -6.17. The van der Waals surface area contributed by atoms with Gasteiger partial charge >= 0.3 is 0 Å². The first-order valence-corrected chi connectivity index (χ1v) is 25.2. The van der Waals surface area contributed by atoms with E-state index in [9.17, 15) is 43.8 Å². The quantitative estimate of drug-likeness (QED) is 0.0198. The Morgan fingerprint density at radius 2 is 1.57 bits per heavy atom. The predicted octanol–water partition coefficient (Wildman–Crippen LogP) is -3.06. The number of H-pyrrole nitrogens is 1. The van der Waals surface area contributed by atoms with Gasteiger partial charge in [-0.15, -0.1) is 22.7 Å². The van der Waals surface area contributed by atoms with Crippen LogP contribution in [-0.4, -0.2) is 150 Å². The van der Waals surface area contributed by atoms with Gasteiger partial charge in [-0.1, -0.05) is 0 Å². The molecule has 4 aromatic heterocycles. The lowest BCUT2D eigenvalue weighted by Crippen LogP contribution is -2.53. The van der Waals surface area contributed by atoms with Crippen molar-refractivity contribution in [3.63, 3.8) is 0 Å². The number of nitrogens with zero attached hydrogens (tertiary/aromatic N) is 5. The molecule has 0 aliphatic carbocycles. The van der Waals surface area contributed by atoms with E-state index in [-0.39, 0.29) is 67.0 Å². The summed E-state index contributed by atoms with van der Waals surface area (Å²) in [5, 5.41) is 42.3. The highest BCUT2D eigenvalue weighted by atomic mass is 32.2. The minimum absolute atomic E-state index is 0.0430. The maximum Gasteiger partial charge on any atom is 0.271 e. The Kier molecular flexibility index (Phi) is 21.1. The molecule has 0 aliphatic heterocycles. The number of primary amides is 2. The number of anilines is 1. The van der Waals surface area contributed by atoms with Crippen LogP contribution in [-0.2, 0) is 41.3 Å². The van der Waals surface area contributed by atoms with Gasteiger partial charge in [0.05, 0.1) is 53.9 Å². The number of amides is 7. The number of nitrogen functional groups attached to an aromatic ring is 1. The molecule has 0 fully saturated rings. The number of aliphatic hydroxyl groups is 2. The molecule has 0 unspecified atom stereocenters. The first-order valence-electron chi connectivity index (χ1n) is 21.2. The van der Waals surface area contributed by atoms with E-state index in [1.807, 2.05) is 5.38 Å². The third-order valence-electron chi connectivity index (χ3n) is 9.93. The largest absolute Gasteiger partial charge is 0.391 e. The molecule has 4 aromatic rings. The van der Waals surface area contributed by atoms with Crippen LogP contribution in [0.4, 0.5) is 5.82 Å². The number of aromatic amines is 1. The number of nitrogens with one attached hydrogen (secondary N) is 7. The molecule has 0 saturated carbocycles. The van der Waals surface area contributed by atoms with Gasteiger partial charge in [0.2, 0.25) is 29.5 Å². The molecule has 4 heterocycles. The maximum atomic E-state index is 13.8. The Morgan fingerprint density at radius 1 is 0.868 bits per heavy atom. The Bertz CT molecular complexity index is 2360. The number of carbonyl (C=O) groups is 7. The molecule has 25 nitrogen and oxygen atoms in total. The van der Waals surface area contributed by atoms with E-state index in [1.54, 1.807) is 5.38 Å². The van der Waals surface area contributed by atoms with Crippen molar-refractivity contribution in [1.29, 1.82) is 0 Å². The van der Waals surface area contributed by atoms with Crippen LogP contribution >= 0.6 is 22.7 Å². The SMILES string of the molecule is Cc1c(N)nc([C@H](CC(N)=O)NC[C@H](N)C(N)=O)nc1C(=O)N[C@H](C(=O)NCCCC(=O)N[C@H](C(=O)NCCc1nc(-c2nc(C(=O)NCCC[S+](C)C)cs2)cs1)[C@@H](C)O)[C@@H](O)c1cnc[nH]1. The van der Waals surface area contributed by atoms with Crippen LogP contribution in [0.1, 0.15) is 87.8 Å². The monoisotopic (exact) mass is 1000 g/mol. The van der Waals surface area contributed by atoms with Gasteiger partial charge in [-0.3, -0.25) is 33.6 Å². The minimum atomic E-state index is -1.67. The van der Waals surface area contributed by atoms with Crippen molar-refractivity contribution < 1.29 is 43.8 Å². The second-order valence-corrected chi connectivity index (χ2v) is 19.8. The zero-order valence-electron chi connectivity index (χ0n) is 37.9. The predicted molar refractivity (Wildman–Crippen MR) is 255 cm³/mol. The summed E-state index contributed by atoms with van der Waals surface area (Å²) in [5.74, 6) is -4.22. The first kappa shape index (κ1) is 54.4. The van der Waals surface area contributed by atoms with Gasteiger partial charge in [-0.25, -0.2) is 24.9 Å². The lowest BCUT2D eigenvalue weighted by atomic mass is 10.1. The molecule has 0 saturated heterocycles. The number of imidazole rings is 1. The summed E-state index contributed by atoms with van der Waals surface area (Å²) in [5.41, 5.74) is 23.2. The number of thiazole rings is 2. The van der Waals surface area contributed by atoms with Crippen molar-refractivity contribution in [2.24, 2.45) is 17.2 Å². The number of aromatic nitrogens is 6. The number of carbonyl (C=O) groups excluding carboxylic acids is 7. The molecule has 17 N–H and O–H groups in total. The van der Waals surface area contributed by atoms with Gasteiger partial charge in [0.25, 0.3) is 11.8 Å². The third kappa shape index (κ3) is 16.6. The van der Waals surface area contributed by atoms with Crippen molar-refractivity contribution in [1.82, 2.24) is 61.8 Å². The summed E-state index contributed by atoms with van der Waals surface area (Å²) in [6, 6.07) is -5.18. The second kappa shape index (κ2) is 26.4. The van der Waals surface area contributed by atoms with Crippen LogP contribution in [0.3, 0.4) is 0 Å². The molecule has 0 aliphatic rings. The summed E-state index contributed by atoms with van der Waals surface area (Å²) in [4.78, 5) is 113. The van der Waals surface area contributed by atoms with Gasteiger partial charge in [0.15, 0.2) is 0 Å². The van der Waals surface area contributed by atoms with Crippen molar-refractivity contribution in [2.75, 3.05) is 50.2 Å². The van der Waals surface area contributed by atoms with Crippen molar-refractivity contribution >= 4 is 80.7 Å². The molecule has 68 heavy (non-hydrogen) atoms. The molecular formula is C40H59N16O9S3+. The minimum Gasteiger partial charge on any atom is -0.391 e. The Balaban J connectivity index is 1.30. The van der Waals surface area contributed by atoms with E-state index in [1.165, 1.54) is 49.0 Å². The molecule has 370 valence electrons. The molecule has 0 aromatic carbocycles. The fourth-order valence-electron chi connectivity index (χ4n) is 6.16. The lowest BCUT2D eigenvalue weighted by molar-refractivity contribution is -0.131. The topological polar surface area (TPSA) is 416 Å². The highest BCUT2D eigenvalue weighted by Crippen LogP contribution is 2.26. The average molecular weight is 1000 g/mol. The first-order chi connectivity index (χ1) is 32.2. The molecule has 0 radical (unpaired) electrons. The lowest BCUT2D eigenvalue weighted by Gasteiger charge is -2.24. The van der Waals surface area contributed by atoms with Gasteiger partial charge in [-0.2, -0.15) is 0 Å². The number of hydrogen-bond donors (Lipinski definition) is 13. The fourth-order valence-corrected chi connectivity index (χ4v) is 8.50. The van der Waals surface area contributed by atoms with Crippen molar-refractivity contribution in [3.8, 4) is 10.7 Å². The summed E-state index contributed by atoms with van der Waals surface area (Å²) in [6.07, 6.45) is 4.58. The smallest absolute Gasteiger partial charge is 0.271 e. The average Bonchev–Trinajstić information content (AvgIpc) is 4.10. The number of rotatable bonds is 28. The fraction of sp³-hybridized carbons (Fsp3) is 0.500. The molecule has 6 atom stereocenters. The molecule has 28 heteroatoms. The van der Waals surface area contributed by atoms with Crippen LogP contribution in [0.25, 0.3) is 10.7 Å². The van der Waals surface area contributed by atoms with Crippen molar-refractivity contribution in [3.05, 3.63) is 56.8 Å². The zero-order chi connectivity index (χ0) is 50.1. The van der Waals surface area contributed by atoms with Gasteiger partial charge < -0.3 is 70.0 Å². The van der Waals surface area contributed by atoms with Gasteiger partial charge in [0.1, 0.15) is 57.7 Å². The molecular weight excluding hydrogens is 945 g/mol. The van der Waals surface area contributed by atoms with E-state index in [2.05, 4.69) is 74.3 Å². The normalized spacial score (nSPS) is 13.9. The maximum absolute atomic E-state index is 13.8.